The molecule has 1 unspecified atom stereocenters. The lowest BCUT2D eigenvalue weighted by atomic mass is 10.0. The minimum Gasteiger partial charge on any atom is -0.442 e. The standard InChI is InChI=1S/C28H23FN8O2/c1-30-28(22-16-35(17-23(22)28)26-4-2-3-9-31-26)25-8-5-18(13-32-25)21-7-6-19(12-24(21)29)37-15-20(39-27(37)38)14-36-11-10-33-34-36/h2-13,20,22-23H,14-17H2/t20-,22-,23+,28?/m0/s1. The second-order valence-electron chi connectivity index (χ2n) is 10.1. The Kier molecular flexibility index (Phi) is 5.30. The van der Waals surface area contributed by atoms with Crippen LogP contribution in [0, 0.1) is 24.2 Å². The third kappa shape index (κ3) is 3.79. The Labute approximate surface area is 223 Å². The summed E-state index contributed by atoms with van der Waals surface area (Å²) in [5, 5.41) is 7.65. The van der Waals surface area contributed by atoms with Crippen LogP contribution in [0.4, 0.5) is 20.7 Å². The number of aromatic nitrogens is 5. The van der Waals surface area contributed by atoms with E-state index in [1.807, 2.05) is 30.3 Å². The zero-order valence-electron chi connectivity index (χ0n) is 20.8. The number of nitrogens with zero attached hydrogens (tertiary/aromatic N) is 8. The summed E-state index contributed by atoms with van der Waals surface area (Å²) in [6, 6.07) is 14.2. The lowest BCUT2D eigenvalue weighted by Crippen LogP contribution is -2.29. The first-order valence-electron chi connectivity index (χ1n) is 12.7. The number of halogens is 1. The Morgan fingerprint density at radius 2 is 1.95 bits per heavy atom. The Morgan fingerprint density at radius 3 is 2.62 bits per heavy atom. The first-order valence-corrected chi connectivity index (χ1v) is 12.7. The van der Waals surface area contributed by atoms with Crippen molar-refractivity contribution in [1.29, 1.82) is 0 Å². The van der Waals surface area contributed by atoms with Gasteiger partial charge in [0.05, 0.1) is 36.8 Å². The van der Waals surface area contributed by atoms with Crippen LogP contribution >= 0.6 is 0 Å². The van der Waals surface area contributed by atoms with Gasteiger partial charge < -0.3 is 14.5 Å². The number of fused-ring (bicyclic) bond motifs is 1. The van der Waals surface area contributed by atoms with Crippen LogP contribution < -0.4 is 9.80 Å². The van der Waals surface area contributed by atoms with Gasteiger partial charge in [0.1, 0.15) is 23.4 Å². The summed E-state index contributed by atoms with van der Waals surface area (Å²) in [5.74, 6) is 0.849. The molecule has 2 saturated heterocycles. The summed E-state index contributed by atoms with van der Waals surface area (Å²) in [5.41, 5.74) is 1.50. The first kappa shape index (κ1) is 23.3. The zero-order chi connectivity index (χ0) is 26.6. The molecule has 5 heterocycles. The molecule has 1 aliphatic carbocycles. The number of ether oxygens (including phenoxy) is 1. The highest BCUT2D eigenvalue weighted by Gasteiger charge is 2.78. The number of hydrogen-bond donors (Lipinski definition) is 0. The maximum Gasteiger partial charge on any atom is 0.414 e. The van der Waals surface area contributed by atoms with Crippen molar-refractivity contribution in [3.63, 3.8) is 0 Å². The summed E-state index contributed by atoms with van der Waals surface area (Å²) >= 11 is 0. The van der Waals surface area contributed by atoms with Crippen LogP contribution in [0.5, 0.6) is 0 Å². The molecule has 0 N–H and O–H groups in total. The molecule has 3 fully saturated rings. The van der Waals surface area contributed by atoms with Gasteiger partial charge in [-0.2, -0.15) is 0 Å². The van der Waals surface area contributed by atoms with Gasteiger partial charge in [-0.25, -0.2) is 25.4 Å². The van der Waals surface area contributed by atoms with E-state index in [0.717, 1.165) is 24.6 Å². The number of carbonyl (C=O) groups excluding carboxylic acids is 1. The number of piperidine rings is 1. The van der Waals surface area contributed by atoms with Crippen molar-refractivity contribution >= 4 is 17.6 Å². The monoisotopic (exact) mass is 522 g/mol. The van der Waals surface area contributed by atoms with Gasteiger partial charge >= 0.3 is 6.09 Å². The van der Waals surface area contributed by atoms with Crippen LogP contribution in [0.15, 0.2) is 73.3 Å². The second-order valence-corrected chi connectivity index (χ2v) is 10.1. The van der Waals surface area contributed by atoms with E-state index in [9.17, 15) is 4.79 Å². The van der Waals surface area contributed by atoms with Crippen LogP contribution in [0.3, 0.4) is 0 Å². The van der Waals surface area contributed by atoms with E-state index in [0.29, 0.717) is 23.4 Å². The third-order valence-corrected chi connectivity index (χ3v) is 7.99. The summed E-state index contributed by atoms with van der Waals surface area (Å²) < 4.78 is 22.2. The van der Waals surface area contributed by atoms with Crippen molar-refractivity contribution in [2.45, 2.75) is 18.2 Å². The van der Waals surface area contributed by atoms with E-state index in [-0.39, 0.29) is 18.4 Å². The molecule has 1 saturated carbocycles. The van der Waals surface area contributed by atoms with Crippen LogP contribution in [0.2, 0.25) is 0 Å². The van der Waals surface area contributed by atoms with Crippen molar-refractivity contribution in [3.05, 3.63) is 96.2 Å². The van der Waals surface area contributed by atoms with Crippen molar-refractivity contribution in [2.24, 2.45) is 11.8 Å². The Balaban J connectivity index is 1.05. The number of hydrogen-bond acceptors (Lipinski definition) is 7. The molecule has 4 atom stereocenters. The fourth-order valence-electron chi connectivity index (χ4n) is 6.00. The lowest BCUT2D eigenvalue weighted by molar-refractivity contribution is 0.129. The number of benzene rings is 1. The smallest absolute Gasteiger partial charge is 0.414 e. The fourth-order valence-corrected chi connectivity index (χ4v) is 6.00. The summed E-state index contributed by atoms with van der Waals surface area (Å²) in [6.07, 6.45) is 5.71. The van der Waals surface area contributed by atoms with Crippen molar-refractivity contribution < 1.29 is 13.9 Å². The third-order valence-electron chi connectivity index (χ3n) is 7.99. The van der Waals surface area contributed by atoms with E-state index in [2.05, 4.69) is 30.0 Å². The molecule has 0 spiro atoms. The maximum absolute atomic E-state index is 15.2. The number of anilines is 2. The molecule has 11 heteroatoms. The molecular weight excluding hydrogens is 499 g/mol. The Bertz CT molecular complexity index is 1560. The van der Waals surface area contributed by atoms with E-state index < -0.39 is 23.6 Å². The van der Waals surface area contributed by atoms with Gasteiger partial charge in [-0.15, -0.1) is 5.10 Å². The predicted molar refractivity (Wildman–Crippen MR) is 139 cm³/mol. The summed E-state index contributed by atoms with van der Waals surface area (Å²) in [6.45, 7) is 10.1. The topological polar surface area (TPSA) is 93.6 Å². The molecule has 3 aromatic heterocycles. The molecule has 194 valence electrons. The van der Waals surface area contributed by atoms with Crippen LogP contribution in [0.25, 0.3) is 16.0 Å². The SMILES string of the molecule is [C-]#[N+]C1(c2ccc(-c3ccc(N4C[C@H](Cn5ccnn5)OC4=O)cc3F)cn2)[C@@H]2CN(c3ccccn3)C[C@@H]21. The number of amides is 1. The second kappa shape index (κ2) is 8.87. The van der Waals surface area contributed by atoms with E-state index >= 15 is 4.39 Å². The Morgan fingerprint density at radius 1 is 1.08 bits per heavy atom. The molecule has 1 aromatic carbocycles. The number of carbonyl (C=O) groups is 1. The molecule has 39 heavy (non-hydrogen) atoms. The minimum atomic E-state index is -0.634. The van der Waals surface area contributed by atoms with E-state index in [1.54, 1.807) is 41.6 Å². The van der Waals surface area contributed by atoms with E-state index in [1.165, 1.54) is 11.0 Å². The van der Waals surface area contributed by atoms with Gasteiger partial charge in [-0.1, -0.05) is 17.3 Å². The molecular formula is C28H23FN8O2. The summed E-state index contributed by atoms with van der Waals surface area (Å²) in [4.78, 5) is 29.1. The largest absolute Gasteiger partial charge is 0.442 e. The molecule has 0 bridgehead atoms. The maximum atomic E-state index is 15.2. The highest BCUT2D eigenvalue weighted by Crippen LogP contribution is 2.64. The van der Waals surface area contributed by atoms with Crippen molar-refractivity contribution in [2.75, 3.05) is 29.4 Å². The predicted octanol–water partition coefficient (Wildman–Crippen LogP) is 3.78. The number of pyridine rings is 2. The highest BCUT2D eigenvalue weighted by molar-refractivity contribution is 5.90. The first-order chi connectivity index (χ1) is 19.1. The highest BCUT2D eigenvalue weighted by atomic mass is 19.1. The fraction of sp³-hybridized carbons (Fsp3) is 0.286. The van der Waals surface area contributed by atoms with Gasteiger partial charge in [0, 0.05) is 42.8 Å². The molecule has 1 amide bonds. The van der Waals surface area contributed by atoms with Crippen LogP contribution in [-0.2, 0) is 16.8 Å². The van der Waals surface area contributed by atoms with Gasteiger partial charge in [0.15, 0.2) is 0 Å². The molecule has 2 aliphatic heterocycles. The summed E-state index contributed by atoms with van der Waals surface area (Å²) in [7, 11) is 0. The zero-order valence-corrected chi connectivity index (χ0v) is 20.8. The van der Waals surface area contributed by atoms with Crippen LogP contribution in [-0.4, -0.2) is 56.8 Å². The van der Waals surface area contributed by atoms with Gasteiger partial charge in [-0.05, 0) is 36.4 Å². The molecule has 0 radical (unpaired) electrons. The molecule has 4 aromatic rings. The Hall–Kier alpha value is -4.85. The molecule has 10 nitrogen and oxygen atoms in total. The quantitative estimate of drug-likeness (QED) is 0.356. The van der Waals surface area contributed by atoms with Gasteiger partial charge in [0.25, 0.3) is 5.54 Å². The van der Waals surface area contributed by atoms with Gasteiger partial charge in [-0.3, -0.25) is 9.88 Å². The lowest BCUT2D eigenvalue weighted by Gasteiger charge is -2.21. The minimum absolute atomic E-state index is 0.194. The normalized spacial score (nSPS) is 25.3. The van der Waals surface area contributed by atoms with Crippen molar-refractivity contribution in [3.8, 4) is 11.1 Å². The van der Waals surface area contributed by atoms with Crippen molar-refractivity contribution in [1.82, 2.24) is 25.0 Å². The van der Waals surface area contributed by atoms with Crippen LogP contribution in [0.1, 0.15) is 5.69 Å². The van der Waals surface area contributed by atoms with Gasteiger partial charge in [0.2, 0.25) is 0 Å². The average Bonchev–Trinajstić information content (AvgIpc) is 3.47. The number of rotatable bonds is 6. The van der Waals surface area contributed by atoms with E-state index in [4.69, 9.17) is 11.3 Å². The number of cyclic esters (lactones) is 1. The molecule has 3 aliphatic rings. The average molecular weight is 523 g/mol. The molecule has 7 rings (SSSR count).